The Bertz CT molecular complexity index is 198. The van der Waals surface area contributed by atoms with E-state index in [2.05, 4.69) is 11.9 Å². The molecular formula is C10H20N2O2. The molecule has 0 aromatic heterocycles. The summed E-state index contributed by atoms with van der Waals surface area (Å²) in [5, 5.41) is 0. The minimum Gasteiger partial charge on any atom is -0.385 e. The van der Waals surface area contributed by atoms with Crippen molar-refractivity contribution in [3.63, 3.8) is 0 Å². The van der Waals surface area contributed by atoms with Gasteiger partial charge in [0.05, 0.1) is 0 Å². The molecule has 14 heavy (non-hydrogen) atoms. The molecule has 0 aliphatic carbocycles. The van der Waals surface area contributed by atoms with Gasteiger partial charge < -0.3 is 15.2 Å². The molecule has 0 atom stereocenters. The molecule has 2 N–H and O–H groups in total. The molecule has 0 spiro atoms. The first-order valence-corrected chi connectivity index (χ1v) is 5.18. The van der Waals surface area contributed by atoms with Crippen LogP contribution in [0.3, 0.4) is 0 Å². The monoisotopic (exact) mass is 200 g/mol. The van der Waals surface area contributed by atoms with E-state index in [0.29, 0.717) is 19.0 Å². The Labute approximate surface area is 85.5 Å². The van der Waals surface area contributed by atoms with Crippen LogP contribution < -0.4 is 5.73 Å². The third-order valence-corrected chi connectivity index (χ3v) is 2.66. The first kappa shape index (κ1) is 11.5. The van der Waals surface area contributed by atoms with Crippen molar-refractivity contribution in [2.45, 2.75) is 31.8 Å². The van der Waals surface area contributed by atoms with Crippen LogP contribution in [0.25, 0.3) is 0 Å². The molecule has 1 heterocycles. The lowest BCUT2D eigenvalue weighted by Crippen LogP contribution is -2.49. The number of rotatable bonds is 4. The third-order valence-electron chi connectivity index (χ3n) is 2.66. The van der Waals surface area contributed by atoms with Crippen LogP contribution >= 0.6 is 0 Å². The van der Waals surface area contributed by atoms with E-state index in [4.69, 9.17) is 15.2 Å². The van der Waals surface area contributed by atoms with Crippen molar-refractivity contribution in [1.82, 2.24) is 0 Å². The summed E-state index contributed by atoms with van der Waals surface area (Å²) in [6, 6.07) is 0. The molecule has 0 saturated carbocycles. The van der Waals surface area contributed by atoms with Crippen LogP contribution in [0, 0.1) is 0 Å². The summed E-state index contributed by atoms with van der Waals surface area (Å²) < 4.78 is 10.8. The van der Waals surface area contributed by atoms with Gasteiger partial charge >= 0.3 is 0 Å². The maximum absolute atomic E-state index is 5.95. The molecule has 0 amide bonds. The third kappa shape index (κ3) is 2.45. The number of amidine groups is 1. The Kier molecular flexibility index (Phi) is 4.35. The molecule has 0 bridgehead atoms. The number of methoxy groups -OCH3 is 1. The lowest BCUT2D eigenvalue weighted by Gasteiger charge is -2.35. The average molecular weight is 200 g/mol. The number of ether oxygens (including phenoxy) is 2. The number of nitrogens with zero attached hydrogens (tertiary/aromatic N) is 1. The first-order chi connectivity index (χ1) is 6.75. The second kappa shape index (κ2) is 5.32. The van der Waals surface area contributed by atoms with Crippen LogP contribution in [-0.4, -0.2) is 38.3 Å². The van der Waals surface area contributed by atoms with E-state index in [0.717, 1.165) is 25.8 Å². The standard InChI is InChI=1S/C10H20N2O2/c1-3-6-12-9(11)10(13-2)4-7-14-8-5-10/h3-8H2,1-2H3,(H2,11,12). The molecule has 82 valence electrons. The first-order valence-electron chi connectivity index (χ1n) is 5.18. The Balaban J connectivity index is 2.66. The molecule has 4 nitrogen and oxygen atoms in total. The summed E-state index contributed by atoms with van der Waals surface area (Å²) >= 11 is 0. The zero-order valence-corrected chi connectivity index (χ0v) is 9.08. The highest BCUT2D eigenvalue weighted by molar-refractivity contribution is 5.89. The molecule has 1 rings (SSSR count). The maximum Gasteiger partial charge on any atom is 0.129 e. The quantitative estimate of drug-likeness (QED) is 0.543. The SMILES string of the molecule is CCCN=C(N)C1(OC)CCOCC1. The van der Waals surface area contributed by atoms with Gasteiger partial charge in [-0.2, -0.15) is 0 Å². The maximum atomic E-state index is 5.95. The summed E-state index contributed by atoms with van der Waals surface area (Å²) in [6.07, 6.45) is 2.63. The van der Waals surface area contributed by atoms with Crippen LogP contribution in [-0.2, 0) is 9.47 Å². The summed E-state index contributed by atoms with van der Waals surface area (Å²) in [5.74, 6) is 0.630. The summed E-state index contributed by atoms with van der Waals surface area (Å²) in [4.78, 5) is 4.32. The number of hydrogen-bond acceptors (Lipinski definition) is 3. The van der Waals surface area contributed by atoms with Crippen LogP contribution in [0.1, 0.15) is 26.2 Å². The fraction of sp³-hybridized carbons (Fsp3) is 0.900. The lowest BCUT2D eigenvalue weighted by molar-refractivity contribution is -0.0468. The number of nitrogens with two attached hydrogens (primary N) is 1. The van der Waals surface area contributed by atoms with E-state index < -0.39 is 0 Å². The van der Waals surface area contributed by atoms with Gasteiger partial charge in [0.15, 0.2) is 0 Å². The molecule has 4 heteroatoms. The molecule has 1 aliphatic rings. The van der Waals surface area contributed by atoms with Gasteiger partial charge in [-0.1, -0.05) is 6.92 Å². The van der Waals surface area contributed by atoms with Crippen molar-refractivity contribution >= 4 is 5.84 Å². The summed E-state index contributed by atoms with van der Waals surface area (Å²) in [6.45, 7) is 4.27. The second-order valence-corrected chi connectivity index (χ2v) is 3.58. The van der Waals surface area contributed by atoms with Crippen LogP contribution in [0.15, 0.2) is 4.99 Å². The van der Waals surface area contributed by atoms with E-state index in [1.165, 1.54) is 0 Å². The molecule has 0 aromatic rings. The zero-order valence-electron chi connectivity index (χ0n) is 9.08. The van der Waals surface area contributed by atoms with E-state index >= 15 is 0 Å². The fourth-order valence-electron chi connectivity index (χ4n) is 1.64. The van der Waals surface area contributed by atoms with Crippen molar-refractivity contribution in [1.29, 1.82) is 0 Å². The molecule has 1 fully saturated rings. The lowest BCUT2D eigenvalue weighted by atomic mass is 9.93. The summed E-state index contributed by atoms with van der Waals surface area (Å²) in [7, 11) is 1.69. The van der Waals surface area contributed by atoms with Gasteiger partial charge in [-0.25, -0.2) is 0 Å². The highest BCUT2D eigenvalue weighted by Crippen LogP contribution is 2.24. The predicted octanol–water partition coefficient (Wildman–Crippen LogP) is 0.949. The van der Waals surface area contributed by atoms with E-state index in [1.807, 2.05) is 0 Å². The van der Waals surface area contributed by atoms with Crippen molar-refractivity contribution in [2.24, 2.45) is 10.7 Å². The molecule has 0 unspecified atom stereocenters. The molecule has 0 aromatic carbocycles. The van der Waals surface area contributed by atoms with Crippen LogP contribution in [0.2, 0.25) is 0 Å². The molecule has 0 radical (unpaired) electrons. The van der Waals surface area contributed by atoms with Gasteiger partial charge in [-0.3, -0.25) is 4.99 Å². The Hall–Kier alpha value is -0.610. The minimum absolute atomic E-state index is 0.368. The number of aliphatic imine (C=N–C) groups is 1. The normalized spacial score (nSPS) is 22.3. The van der Waals surface area contributed by atoms with Crippen molar-refractivity contribution in [2.75, 3.05) is 26.9 Å². The Morgan fingerprint density at radius 2 is 2.14 bits per heavy atom. The molecule has 1 aliphatic heterocycles. The van der Waals surface area contributed by atoms with Gasteiger partial charge in [-0.15, -0.1) is 0 Å². The van der Waals surface area contributed by atoms with Crippen molar-refractivity contribution < 1.29 is 9.47 Å². The molecular weight excluding hydrogens is 180 g/mol. The van der Waals surface area contributed by atoms with Gasteiger partial charge in [0, 0.05) is 39.7 Å². The largest absolute Gasteiger partial charge is 0.385 e. The van der Waals surface area contributed by atoms with Gasteiger partial charge in [0.2, 0.25) is 0 Å². The zero-order chi connectivity index (χ0) is 10.4. The van der Waals surface area contributed by atoms with Crippen molar-refractivity contribution in [3.8, 4) is 0 Å². The average Bonchev–Trinajstić information content (AvgIpc) is 2.26. The predicted molar refractivity (Wildman–Crippen MR) is 56.6 cm³/mol. The summed E-state index contributed by atoms with van der Waals surface area (Å²) in [5.41, 5.74) is 5.58. The van der Waals surface area contributed by atoms with Crippen LogP contribution in [0.4, 0.5) is 0 Å². The van der Waals surface area contributed by atoms with Gasteiger partial charge in [-0.05, 0) is 6.42 Å². The minimum atomic E-state index is -0.368. The fourth-order valence-corrected chi connectivity index (χ4v) is 1.64. The number of hydrogen-bond donors (Lipinski definition) is 1. The second-order valence-electron chi connectivity index (χ2n) is 3.58. The van der Waals surface area contributed by atoms with E-state index in [9.17, 15) is 0 Å². The highest BCUT2D eigenvalue weighted by Gasteiger charge is 2.36. The van der Waals surface area contributed by atoms with Gasteiger partial charge in [0.1, 0.15) is 11.4 Å². The highest BCUT2D eigenvalue weighted by atomic mass is 16.5. The van der Waals surface area contributed by atoms with Crippen LogP contribution in [0.5, 0.6) is 0 Å². The Morgan fingerprint density at radius 1 is 1.50 bits per heavy atom. The smallest absolute Gasteiger partial charge is 0.129 e. The van der Waals surface area contributed by atoms with E-state index in [1.54, 1.807) is 7.11 Å². The molecule has 1 saturated heterocycles. The van der Waals surface area contributed by atoms with E-state index in [-0.39, 0.29) is 5.60 Å². The van der Waals surface area contributed by atoms with Crippen molar-refractivity contribution in [3.05, 3.63) is 0 Å². The topological polar surface area (TPSA) is 56.8 Å². The Morgan fingerprint density at radius 3 is 2.64 bits per heavy atom. The van der Waals surface area contributed by atoms with Gasteiger partial charge in [0.25, 0.3) is 0 Å².